The van der Waals surface area contributed by atoms with E-state index in [1.807, 2.05) is 19.1 Å². The Balaban J connectivity index is 2.06. The first-order valence-electron chi connectivity index (χ1n) is 6.09. The lowest BCUT2D eigenvalue weighted by molar-refractivity contribution is 0.0935. The number of rotatable bonds is 2. The summed E-state index contributed by atoms with van der Waals surface area (Å²) in [4.78, 5) is 12.2. The molecule has 0 aromatic heterocycles. The van der Waals surface area contributed by atoms with Crippen molar-refractivity contribution in [2.45, 2.75) is 25.8 Å². The Kier molecular flexibility index (Phi) is 4.01. The van der Waals surface area contributed by atoms with Crippen LogP contribution in [0.3, 0.4) is 0 Å². The predicted molar refractivity (Wildman–Crippen MR) is 74.0 cm³/mol. The Bertz CT molecular complexity index is 458. The third kappa shape index (κ3) is 2.90. The molecule has 2 rings (SSSR count). The Labute approximate surface area is 109 Å². The van der Waals surface area contributed by atoms with Crippen molar-refractivity contribution in [3.05, 3.63) is 29.3 Å². The first kappa shape index (κ1) is 13.1. The molecule has 0 radical (unpaired) electrons. The summed E-state index contributed by atoms with van der Waals surface area (Å²) in [7, 11) is -0.705. The van der Waals surface area contributed by atoms with Crippen LogP contribution in [0.4, 0.5) is 5.69 Å². The fourth-order valence-electron chi connectivity index (χ4n) is 2.20. The molecule has 4 nitrogen and oxygen atoms in total. The van der Waals surface area contributed by atoms with Gasteiger partial charge in [0.15, 0.2) is 0 Å². The minimum Gasteiger partial charge on any atom is -0.398 e. The molecule has 5 heteroatoms. The Hall–Kier alpha value is -1.36. The van der Waals surface area contributed by atoms with Gasteiger partial charge in [-0.2, -0.15) is 0 Å². The van der Waals surface area contributed by atoms with E-state index in [9.17, 15) is 9.00 Å². The fourth-order valence-corrected chi connectivity index (χ4v) is 3.50. The molecule has 1 amide bonds. The van der Waals surface area contributed by atoms with Gasteiger partial charge in [0.2, 0.25) is 0 Å². The van der Waals surface area contributed by atoms with Crippen molar-refractivity contribution in [2.24, 2.45) is 0 Å². The summed E-state index contributed by atoms with van der Waals surface area (Å²) in [5.41, 5.74) is 7.79. The molecule has 0 bridgehead atoms. The number of nitrogens with one attached hydrogen (secondary N) is 1. The van der Waals surface area contributed by atoms with Crippen molar-refractivity contribution >= 4 is 22.4 Å². The van der Waals surface area contributed by atoms with E-state index in [2.05, 4.69) is 5.32 Å². The summed E-state index contributed by atoms with van der Waals surface area (Å²) in [5, 5.41) is 2.98. The van der Waals surface area contributed by atoms with Gasteiger partial charge in [-0.3, -0.25) is 9.00 Å². The molecule has 0 aliphatic carbocycles. The van der Waals surface area contributed by atoms with Gasteiger partial charge >= 0.3 is 0 Å². The molecule has 1 aliphatic heterocycles. The van der Waals surface area contributed by atoms with E-state index < -0.39 is 10.8 Å². The highest BCUT2D eigenvalue weighted by molar-refractivity contribution is 7.85. The maximum absolute atomic E-state index is 12.2. The predicted octanol–water partition coefficient (Wildman–Crippen LogP) is 1.22. The van der Waals surface area contributed by atoms with Gasteiger partial charge in [-0.05, 0) is 31.4 Å². The third-order valence-electron chi connectivity index (χ3n) is 3.26. The molecule has 0 saturated carbocycles. The maximum atomic E-state index is 12.2. The summed E-state index contributed by atoms with van der Waals surface area (Å²) >= 11 is 0. The number of benzene rings is 1. The zero-order valence-corrected chi connectivity index (χ0v) is 11.3. The van der Waals surface area contributed by atoms with Crippen LogP contribution in [0.1, 0.15) is 28.8 Å². The smallest absolute Gasteiger partial charge is 0.253 e. The summed E-state index contributed by atoms with van der Waals surface area (Å²) in [5.74, 6) is 1.23. The SMILES string of the molecule is Cc1cccc(N)c1C(=O)NC1CCS(=O)CC1. The van der Waals surface area contributed by atoms with E-state index in [0.29, 0.717) is 22.8 Å². The number of nitrogen functional groups attached to an aromatic ring is 1. The van der Waals surface area contributed by atoms with E-state index in [-0.39, 0.29) is 11.9 Å². The number of hydrogen-bond donors (Lipinski definition) is 2. The second-order valence-corrected chi connectivity index (χ2v) is 6.33. The van der Waals surface area contributed by atoms with Gasteiger partial charge in [-0.25, -0.2) is 0 Å². The number of amides is 1. The van der Waals surface area contributed by atoms with Crippen LogP contribution in [0.15, 0.2) is 18.2 Å². The number of carbonyl (C=O) groups excluding carboxylic acids is 1. The van der Waals surface area contributed by atoms with Crippen LogP contribution in [-0.4, -0.2) is 27.7 Å². The average molecular weight is 266 g/mol. The van der Waals surface area contributed by atoms with Crippen LogP contribution < -0.4 is 11.1 Å². The van der Waals surface area contributed by atoms with Crippen LogP contribution in [0, 0.1) is 6.92 Å². The topological polar surface area (TPSA) is 72.2 Å². The highest BCUT2D eigenvalue weighted by Gasteiger charge is 2.21. The van der Waals surface area contributed by atoms with Crippen molar-refractivity contribution < 1.29 is 9.00 Å². The van der Waals surface area contributed by atoms with E-state index in [1.54, 1.807) is 6.07 Å². The average Bonchev–Trinajstić information content (AvgIpc) is 2.32. The van der Waals surface area contributed by atoms with Crippen molar-refractivity contribution in [3.8, 4) is 0 Å². The molecule has 0 atom stereocenters. The van der Waals surface area contributed by atoms with E-state index in [1.165, 1.54) is 0 Å². The molecule has 18 heavy (non-hydrogen) atoms. The number of nitrogens with two attached hydrogens (primary N) is 1. The highest BCUT2D eigenvalue weighted by atomic mass is 32.2. The molecule has 1 aromatic rings. The lowest BCUT2D eigenvalue weighted by atomic mass is 10.0. The molecule has 1 aromatic carbocycles. The zero-order valence-electron chi connectivity index (χ0n) is 10.4. The molecule has 98 valence electrons. The second-order valence-electron chi connectivity index (χ2n) is 4.63. The van der Waals surface area contributed by atoms with Crippen molar-refractivity contribution in [1.82, 2.24) is 5.32 Å². The van der Waals surface area contributed by atoms with Gasteiger partial charge in [0.05, 0.1) is 5.56 Å². The van der Waals surface area contributed by atoms with Crippen LogP contribution in [0.25, 0.3) is 0 Å². The molecule has 1 saturated heterocycles. The standard InChI is InChI=1S/C13H18N2O2S/c1-9-3-2-4-11(14)12(9)13(16)15-10-5-7-18(17)8-6-10/h2-4,10H,5-8,14H2,1H3,(H,15,16). The lowest BCUT2D eigenvalue weighted by Crippen LogP contribution is -2.40. The number of aryl methyl sites for hydroxylation is 1. The fraction of sp³-hybridized carbons (Fsp3) is 0.462. The molecular formula is C13H18N2O2S. The van der Waals surface area contributed by atoms with Crippen LogP contribution in [0.2, 0.25) is 0 Å². The van der Waals surface area contributed by atoms with Crippen molar-refractivity contribution in [3.63, 3.8) is 0 Å². The van der Waals surface area contributed by atoms with Gasteiger partial charge in [0.25, 0.3) is 5.91 Å². The Morgan fingerprint density at radius 3 is 2.67 bits per heavy atom. The van der Waals surface area contributed by atoms with Crippen molar-refractivity contribution in [1.29, 1.82) is 0 Å². The third-order valence-corrected chi connectivity index (χ3v) is 4.64. The largest absolute Gasteiger partial charge is 0.398 e. The van der Waals surface area contributed by atoms with Crippen LogP contribution >= 0.6 is 0 Å². The summed E-state index contributed by atoms with van der Waals surface area (Å²) in [6, 6.07) is 5.57. The van der Waals surface area contributed by atoms with Gasteiger partial charge in [-0.15, -0.1) is 0 Å². The first-order valence-corrected chi connectivity index (χ1v) is 7.57. The lowest BCUT2D eigenvalue weighted by Gasteiger charge is -2.23. The van der Waals surface area contributed by atoms with Crippen LogP contribution in [-0.2, 0) is 10.8 Å². The molecule has 0 spiro atoms. The minimum absolute atomic E-state index is 0.120. The monoisotopic (exact) mass is 266 g/mol. The highest BCUT2D eigenvalue weighted by Crippen LogP contribution is 2.17. The Morgan fingerprint density at radius 1 is 1.39 bits per heavy atom. The normalized spacial score (nSPS) is 23.6. The maximum Gasteiger partial charge on any atom is 0.253 e. The first-order chi connectivity index (χ1) is 8.58. The van der Waals surface area contributed by atoms with E-state index in [0.717, 1.165) is 18.4 Å². The second kappa shape index (κ2) is 5.52. The van der Waals surface area contributed by atoms with Gasteiger partial charge in [0, 0.05) is 34.0 Å². The summed E-state index contributed by atoms with van der Waals surface area (Å²) < 4.78 is 11.3. The molecular weight excluding hydrogens is 248 g/mol. The number of anilines is 1. The summed E-state index contributed by atoms with van der Waals surface area (Å²) in [6.07, 6.45) is 1.56. The van der Waals surface area contributed by atoms with Gasteiger partial charge in [0.1, 0.15) is 0 Å². The number of carbonyl (C=O) groups is 1. The van der Waals surface area contributed by atoms with Crippen molar-refractivity contribution in [2.75, 3.05) is 17.2 Å². The van der Waals surface area contributed by atoms with E-state index >= 15 is 0 Å². The molecule has 1 fully saturated rings. The summed E-state index contributed by atoms with van der Waals surface area (Å²) in [6.45, 7) is 1.88. The Morgan fingerprint density at radius 2 is 2.06 bits per heavy atom. The van der Waals surface area contributed by atoms with Crippen LogP contribution in [0.5, 0.6) is 0 Å². The molecule has 1 heterocycles. The molecule has 0 unspecified atom stereocenters. The van der Waals surface area contributed by atoms with Gasteiger partial charge in [-0.1, -0.05) is 12.1 Å². The number of hydrogen-bond acceptors (Lipinski definition) is 3. The van der Waals surface area contributed by atoms with Gasteiger partial charge < -0.3 is 11.1 Å². The molecule has 3 N–H and O–H groups in total. The zero-order chi connectivity index (χ0) is 13.1. The van der Waals surface area contributed by atoms with E-state index in [4.69, 9.17) is 5.73 Å². The quantitative estimate of drug-likeness (QED) is 0.791. The molecule has 1 aliphatic rings. The minimum atomic E-state index is -0.705.